The highest BCUT2D eigenvalue weighted by atomic mass is 32.1. The van der Waals surface area contributed by atoms with Gasteiger partial charge in [-0.15, -0.1) is 0 Å². The van der Waals surface area contributed by atoms with Gasteiger partial charge in [0.25, 0.3) is 5.91 Å². The lowest BCUT2D eigenvalue weighted by molar-refractivity contribution is 0.0954. The number of hydrogen-bond donors (Lipinski definition) is 2. The third-order valence-corrected chi connectivity index (χ3v) is 3.14. The maximum Gasteiger partial charge on any atom is 0.257 e. The molecule has 0 bridgehead atoms. The predicted molar refractivity (Wildman–Crippen MR) is 82.2 cm³/mol. The Morgan fingerprint density at radius 3 is 2.65 bits per heavy atom. The van der Waals surface area contributed by atoms with Crippen molar-refractivity contribution >= 4 is 18.5 Å². The summed E-state index contributed by atoms with van der Waals surface area (Å²) < 4.78 is 5.38. The lowest BCUT2D eigenvalue weighted by Crippen LogP contribution is -2.26. The van der Waals surface area contributed by atoms with E-state index in [-0.39, 0.29) is 11.8 Å². The number of thiol groups is 1. The van der Waals surface area contributed by atoms with Gasteiger partial charge in [0.2, 0.25) is 0 Å². The second-order valence-corrected chi connectivity index (χ2v) is 5.22. The van der Waals surface area contributed by atoms with E-state index in [1.165, 1.54) is 0 Å². The molecule has 0 fully saturated rings. The topological polar surface area (TPSA) is 55.1 Å². The van der Waals surface area contributed by atoms with Crippen molar-refractivity contribution in [1.82, 2.24) is 10.5 Å². The summed E-state index contributed by atoms with van der Waals surface area (Å²) in [6.07, 6.45) is 0. The van der Waals surface area contributed by atoms with Gasteiger partial charge in [-0.2, -0.15) is 12.6 Å². The minimum atomic E-state index is -0.164. The van der Waals surface area contributed by atoms with Gasteiger partial charge in [-0.05, 0) is 0 Å². The van der Waals surface area contributed by atoms with Crippen LogP contribution in [0.3, 0.4) is 0 Å². The van der Waals surface area contributed by atoms with E-state index in [1.54, 1.807) is 0 Å². The van der Waals surface area contributed by atoms with Crippen molar-refractivity contribution in [3.05, 3.63) is 41.7 Å². The average molecular weight is 290 g/mol. The molecular weight excluding hydrogens is 272 g/mol. The quantitative estimate of drug-likeness (QED) is 0.832. The monoisotopic (exact) mass is 290 g/mol. The Kier molecular flexibility index (Phi) is 4.84. The molecule has 0 aliphatic rings. The standard InChI is InChI=1S/C15H18N2O2S/c1-10(2)14-12(15(18)16-8-9-20)13(17-19-14)11-6-4-3-5-7-11/h3-7,10,20H,8-9H2,1-2H3,(H,16,18). The molecule has 0 radical (unpaired) electrons. The van der Waals surface area contributed by atoms with Gasteiger partial charge >= 0.3 is 0 Å². The Labute approximate surface area is 124 Å². The highest BCUT2D eigenvalue weighted by molar-refractivity contribution is 7.80. The Hall–Kier alpha value is -1.75. The molecule has 20 heavy (non-hydrogen) atoms. The highest BCUT2D eigenvalue weighted by Gasteiger charge is 2.25. The zero-order valence-electron chi connectivity index (χ0n) is 11.6. The number of benzene rings is 1. The van der Waals surface area contributed by atoms with Crippen LogP contribution < -0.4 is 5.32 Å². The zero-order valence-corrected chi connectivity index (χ0v) is 12.5. The molecule has 1 amide bonds. The highest BCUT2D eigenvalue weighted by Crippen LogP contribution is 2.29. The number of amides is 1. The molecule has 4 nitrogen and oxygen atoms in total. The first-order chi connectivity index (χ1) is 9.65. The van der Waals surface area contributed by atoms with Gasteiger partial charge in [-0.3, -0.25) is 4.79 Å². The summed E-state index contributed by atoms with van der Waals surface area (Å²) in [4.78, 5) is 12.3. The van der Waals surface area contributed by atoms with Crippen molar-refractivity contribution in [2.75, 3.05) is 12.3 Å². The smallest absolute Gasteiger partial charge is 0.257 e. The van der Waals surface area contributed by atoms with Crippen molar-refractivity contribution in [2.45, 2.75) is 19.8 Å². The number of rotatable bonds is 5. The van der Waals surface area contributed by atoms with Crippen molar-refractivity contribution < 1.29 is 9.32 Å². The van der Waals surface area contributed by atoms with Crippen LogP contribution in [0.4, 0.5) is 0 Å². The predicted octanol–water partition coefficient (Wildman–Crippen LogP) is 3.12. The molecule has 1 heterocycles. The van der Waals surface area contributed by atoms with Crippen LogP contribution in [0.15, 0.2) is 34.9 Å². The molecule has 0 atom stereocenters. The largest absolute Gasteiger partial charge is 0.360 e. The number of carbonyl (C=O) groups excluding carboxylic acids is 1. The van der Waals surface area contributed by atoms with Crippen LogP contribution in [-0.4, -0.2) is 23.4 Å². The van der Waals surface area contributed by atoms with E-state index in [4.69, 9.17) is 4.52 Å². The number of hydrogen-bond acceptors (Lipinski definition) is 4. The van der Waals surface area contributed by atoms with Crippen molar-refractivity contribution in [3.8, 4) is 11.3 Å². The van der Waals surface area contributed by atoms with Gasteiger partial charge in [0.05, 0.1) is 0 Å². The van der Waals surface area contributed by atoms with Gasteiger partial charge in [0.1, 0.15) is 11.3 Å². The molecule has 2 rings (SSSR count). The van der Waals surface area contributed by atoms with E-state index in [2.05, 4.69) is 23.1 Å². The van der Waals surface area contributed by atoms with Gasteiger partial charge in [-0.25, -0.2) is 0 Å². The molecule has 2 aromatic rings. The molecule has 0 unspecified atom stereocenters. The van der Waals surface area contributed by atoms with Crippen LogP contribution >= 0.6 is 12.6 Å². The fourth-order valence-electron chi connectivity index (χ4n) is 1.97. The zero-order chi connectivity index (χ0) is 14.5. The average Bonchev–Trinajstić information content (AvgIpc) is 2.90. The van der Waals surface area contributed by atoms with Crippen molar-refractivity contribution in [2.24, 2.45) is 0 Å². The summed E-state index contributed by atoms with van der Waals surface area (Å²) >= 11 is 4.10. The lowest BCUT2D eigenvalue weighted by Gasteiger charge is -2.07. The molecule has 5 heteroatoms. The van der Waals surface area contributed by atoms with Gasteiger partial charge in [-0.1, -0.05) is 49.3 Å². The SMILES string of the molecule is CC(C)c1onc(-c2ccccc2)c1C(=O)NCCS. The van der Waals surface area contributed by atoms with Gasteiger partial charge in [0, 0.05) is 23.8 Å². The van der Waals surface area contributed by atoms with Crippen LogP contribution in [0.1, 0.15) is 35.9 Å². The number of nitrogens with zero attached hydrogens (tertiary/aromatic N) is 1. The normalized spacial score (nSPS) is 10.8. The lowest BCUT2D eigenvalue weighted by atomic mass is 10.0. The fourth-order valence-corrected chi connectivity index (χ4v) is 2.08. The van der Waals surface area contributed by atoms with Crippen molar-refractivity contribution in [1.29, 1.82) is 0 Å². The minimum Gasteiger partial charge on any atom is -0.360 e. The van der Waals surface area contributed by atoms with E-state index in [9.17, 15) is 4.79 Å². The first-order valence-corrected chi connectivity index (χ1v) is 7.22. The van der Waals surface area contributed by atoms with Crippen LogP contribution in [0.5, 0.6) is 0 Å². The molecule has 0 saturated carbocycles. The Bertz CT molecular complexity index is 579. The van der Waals surface area contributed by atoms with Crippen LogP contribution in [-0.2, 0) is 0 Å². The molecule has 1 N–H and O–H groups in total. The van der Waals surface area contributed by atoms with Crippen LogP contribution in [0, 0.1) is 0 Å². The molecule has 106 valence electrons. The first-order valence-electron chi connectivity index (χ1n) is 6.59. The first kappa shape index (κ1) is 14.7. The van der Waals surface area contributed by atoms with E-state index >= 15 is 0 Å². The molecule has 0 aliphatic carbocycles. The molecule has 0 saturated heterocycles. The van der Waals surface area contributed by atoms with E-state index in [0.717, 1.165) is 5.56 Å². The number of nitrogens with one attached hydrogen (secondary N) is 1. The molecule has 0 aliphatic heterocycles. The summed E-state index contributed by atoms with van der Waals surface area (Å²) in [5, 5.41) is 6.91. The summed E-state index contributed by atoms with van der Waals surface area (Å²) in [5.41, 5.74) is 1.98. The Balaban J connectivity index is 2.45. The van der Waals surface area contributed by atoms with E-state index in [1.807, 2.05) is 44.2 Å². The molecular formula is C15H18N2O2S. The maximum absolute atomic E-state index is 12.3. The summed E-state index contributed by atoms with van der Waals surface area (Å²) in [6.45, 7) is 4.47. The second-order valence-electron chi connectivity index (χ2n) is 4.77. The fraction of sp³-hybridized carbons (Fsp3) is 0.333. The Morgan fingerprint density at radius 1 is 1.35 bits per heavy atom. The Morgan fingerprint density at radius 2 is 2.05 bits per heavy atom. The third-order valence-electron chi connectivity index (χ3n) is 2.91. The van der Waals surface area contributed by atoms with E-state index < -0.39 is 0 Å². The summed E-state index contributed by atoms with van der Waals surface area (Å²) in [6, 6.07) is 9.57. The number of aromatic nitrogens is 1. The van der Waals surface area contributed by atoms with Crippen LogP contribution in [0.2, 0.25) is 0 Å². The molecule has 1 aromatic carbocycles. The van der Waals surface area contributed by atoms with E-state index in [0.29, 0.717) is 29.3 Å². The maximum atomic E-state index is 12.3. The van der Waals surface area contributed by atoms with Gasteiger partial charge < -0.3 is 9.84 Å². The van der Waals surface area contributed by atoms with Crippen molar-refractivity contribution in [3.63, 3.8) is 0 Å². The molecule has 0 spiro atoms. The third kappa shape index (κ3) is 3.04. The van der Waals surface area contributed by atoms with Gasteiger partial charge in [0.15, 0.2) is 5.76 Å². The number of carbonyl (C=O) groups is 1. The molecule has 1 aromatic heterocycles. The summed E-state index contributed by atoms with van der Waals surface area (Å²) in [7, 11) is 0. The minimum absolute atomic E-state index is 0.0942. The summed E-state index contributed by atoms with van der Waals surface area (Å²) in [5.74, 6) is 1.13. The van der Waals surface area contributed by atoms with Crippen LogP contribution in [0.25, 0.3) is 11.3 Å². The second kappa shape index (κ2) is 6.61.